The third kappa shape index (κ3) is 4.32. The fourth-order valence-corrected chi connectivity index (χ4v) is 4.30. The van der Waals surface area contributed by atoms with Crippen molar-refractivity contribution >= 4 is 5.91 Å². The number of pyridine rings is 1. The number of rotatable bonds is 6. The Kier molecular flexibility index (Phi) is 5.80. The number of H-pyrrole nitrogens is 1. The first-order valence-corrected chi connectivity index (χ1v) is 10.9. The molecule has 0 saturated carbocycles. The predicted molar refractivity (Wildman–Crippen MR) is 123 cm³/mol. The number of methoxy groups -OCH3 is 1. The standard InChI is InChI=1S/C25H24N6O2/c1-33-23-7-3-2-5-17(23)13-19-14-18(8-9-27-19)25(32)31-12-4-6-22(31)20-15-26-16-21(30-20)24-28-10-11-29-24/h2-3,5,7-11,14-16,22H,4,6,12-13H2,1H3,(H,28,29)/t22-/m0/s1. The molecular formula is C25H24N6O2. The van der Waals surface area contributed by atoms with Crippen LogP contribution < -0.4 is 4.74 Å². The Balaban J connectivity index is 1.38. The van der Waals surface area contributed by atoms with E-state index in [1.807, 2.05) is 35.2 Å². The second-order valence-corrected chi connectivity index (χ2v) is 7.95. The summed E-state index contributed by atoms with van der Waals surface area (Å²) in [7, 11) is 1.66. The van der Waals surface area contributed by atoms with Crippen molar-refractivity contribution in [1.82, 2.24) is 29.8 Å². The maximum Gasteiger partial charge on any atom is 0.254 e. The molecule has 1 fully saturated rings. The zero-order valence-electron chi connectivity index (χ0n) is 18.3. The average molecular weight is 441 g/mol. The van der Waals surface area contributed by atoms with Crippen LogP contribution in [0, 0.1) is 0 Å². The molecule has 166 valence electrons. The maximum atomic E-state index is 13.5. The lowest BCUT2D eigenvalue weighted by atomic mass is 10.1. The van der Waals surface area contributed by atoms with Gasteiger partial charge in [-0.15, -0.1) is 0 Å². The third-order valence-corrected chi connectivity index (χ3v) is 5.88. The van der Waals surface area contributed by atoms with E-state index in [0.717, 1.165) is 35.5 Å². The topological polar surface area (TPSA) is 96.9 Å². The molecule has 0 bridgehead atoms. The molecule has 8 nitrogen and oxygen atoms in total. The third-order valence-electron chi connectivity index (χ3n) is 5.88. The summed E-state index contributed by atoms with van der Waals surface area (Å²) >= 11 is 0. The van der Waals surface area contributed by atoms with Gasteiger partial charge in [0, 0.05) is 48.4 Å². The first-order chi connectivity index (χ1) is 16.2. The van der Waals surface area contributed by atoms with Gasteiger partial charge in [-0.1, -0.05) is 18.2 Å². The van der Waals surface area contributed by atoms with Gasteiger partial charge in [0.1, 0.15) is 11.4 Å². The normalized spacial score (nSPS) is 15.5. The zero-order valence-corrected chi connectivity index (χ0v) is 18.3. The molecule has 1 amide bonds. The number of para-hydroxylation sites is 1. The lowest BCUT2D eigenvalue weighted by Crippen LogP contribution is -2.31. The fraction of sp³-hybridized carbons (Fsp3) is 0.240. The molecule has 3 aromatic heterocycles. The van der Waals surface area contributed by atoms with Crippen LogP contribution in [-0.4, -0.2) is 49.4 Å². The van der Waals surface area contributed by atoms with Crippen molar-refractivity contribution in [3.63, 3.8) is 0 Å². The first kappa shape index (κ1) is 20.8. The number of likely N-dealkylation sites (tertiary alicyclic amines) is 1. The van der Waals surface area contributed by atoms with Crippen LogP contribution in [-0.2, 0) is 6.42 Å². The average Bonchev–Trinajstić information content (AvgIpc) is 3.57. The minimum atomic E-state index is -0.120. The van der Waals surface area contributed by atoms with Gasteiger partial charge in [0.15, 0.2) is 5.82 Å². The van der Waals surface area contributed by atoms with E-state index >= 15 is 0 Å². The molecule has 1 N–H and O–H groups in total. The molecule has 1 atom stereocenters. The lowest BCUT2D eigenvalue weighted by molar-refractivity contribution is 0.0732. The van der Waals surface area contributed by atoms with Gasteiger partial charge < -0.3 is 14.6 Å². The number of nitrogens with one attached hydrogen (secondary N) is 1. The fourth-order valence-electron chi connectivity index (χ4n) is 4.30. The highest BCUT2D eigenvalue weighted by atomic mass is 16.5. The quantitative estimate of drug-likeness (QED) is 0.489. The monoisotopic (exact) mass is 440 g/mol. The van der Waals surface area contributed by atoms with Gasteiger partial charge in [-0.25, -0.2) is 9.97 Å². The number of nitrogens with zero attached hydrogens (tertiary/aromatic N) is 5. The number of carbonyl (C=O) groups excluding carboxylic acids is 1. The molecule has 5 rings (SSSR count). The molecule has 0 unspecified atom stereocenters. The number of imidazole rings is 1. The van der Waals surface area contributed by atoms with Gasteiger partial charge in [0.05, 0.1) is 31.2 Å². The number of benzene rings is 1. The summed E-state index contributed by atoms with van der Waals surface area (Å²) in [6.07, 6.45) is 10.9. The van der Waals surface area contributed by atoms with Crippen molar-refractivity contribution < 1.29 is 9.53 Å². The smallest absolute Gasteiger partial charge is 0.254 e. The van der Waals surface area contributed by atoms with E-state index in [1.54, 1.807) is 44.2 Å². The molecule has 1 aliphatic rings. The molecule has 8 heteroatoms. The van der Waals surface area contributed by atoms with Crippen LogP contribution in [0.4, 0.5) is 0 Å². The summed E-state index contributed by atoms with van der Waals surface area (Å²) in [5.41, 5.74) is 3.91. The van der Waals surface area contributed by atoms with Crippen molar-refractivity contribution in [2.75, 3.05) is 13.7 Å². The van der Waals surface area contributed by atoms with Gasteiger partial charge in [0.25, 0.3) is 5.91 Å². The van der Waals surface area contributed by atoms with Crippen molar-refractivity contribution in [3.8, 4) is 17.3 Å². The van der Waals surface area contributed by atoms with Crippen LogP contribution in [0.3, 0.4) is 0 Å². The Morgan fingerprint density at radius 1 is 1.18 bits per heavy atom. The number of hydrogen-bond acceptors (Lipinski definition) is 6. The van der Waals surface area contributed by atoms with Crippen LogP contribution in [0.15, 0.2) is 67.4 Å². The highest BCUT2D eigenvalue weighted by molar-refractivity contribution is 5.94. The number of amides is 1. The molecular weight excluding hydrogens is 416 g/mol. The SMILES string of the molecule is COc1ccccc1Cc1cc(C(=O)N2CCC[C@H]2c2cncc(-c3ncc[nH]3)n2)ccn1. The summed E-state index contributed by atoms with van der Waals surface area (Å²) in [5, 5.41) is 0. The molecule has 1 aliphatic heterocycles. The highest BCUT2D eigenvalue weighted by Gasteiger charge is 2.32. The summed E-state index contributed by atoms with van der Waals surface area (Å²) in [6.45, 7) is 0.681. The predicted octanol–water partition coefficient (Wildman–Crippen LogP) is 3.84. The van der Waals surface area contributed by atoms with E-state index in [-0.39, 0.29) is 11.9 Å². The molecule has 0 aliphatic carbocycles. The van der Waals surface area contributed by atoms with Gasteiger partial charge in [-0.3, -0.25) is 14.8 Å². The largest absolute Gasteiger partial charge is 0.496 e. The summed E-state index contributed by atoms with van der Waals surface area (Å²) < 4.78 is 5.45. The second-order valence-electron chi connectivity index (χ2n) is 7.95. The Hall–Kier alpha value is -4.07. The number of ether oxygens (including phenoxy) is 1. The molecule has 1 saturated heterocycles. The van der Waals surface area contributed by atoms with E-state index in [0.29, 0.717) is 30.0 Å². The molecule has 0 spiro atoms. The molecule has 4 heterocycles. The van der Waals surface area contributed by atoms with Crippen molar-refractivity contribution in [2.24, 2.45) is 0 Å². The summed E-state index contributed by atoms with van der Waals surface area (Å²) in [4.78, 5) is 36.2. The minimum absolute atomic E-state index is 0.0219. The molecule has 33 heavy (non-hydrogen) atoms. The molecule has 4 aromatic rings. The Morgan fingerprint density at radius 3 is 2.94 bits per heavy atom. The first-order valence-electron chi connectivity index (χ1n) is 10.9. The molecule has 0 radical (unpaired) electrons. The lowest BCUT2D eigenvalue weighted by Gasteiger charge is -2.24. The summed E-state index contributed by atoms with van der Waals surface area (Å²) in [6, 6.07) is 11.4. The van der Waals surface area contributed by atoms with Gasteiger partial charge >= 0.3 is 0 Å². The highest BCUT2D eigenvalue weighted by Crippen LogP contribution is 2.32. The van der Waals surface area contributed by atoms with E-state index in [2.05, 4.69) is 19.9 Å². The van der Waals surface area contributed by atoms with Crippen LogP contribution in [0.5, 0.6) is 5.75 Å². The summed E-state index contributed by atoms with van der Waals surface area (Å²) in [5.74, 6) is 1.45. The Labute approximate surface area is 191 Å². The van der Waals surface area contributed by atoms with Crippen LogP contribution in [0.25, 0.3) is 11.5 Å². The maximum absolute atomic E-state index is 13.5. The van der Waals surface area contributed by atoms with Crippen molar-refractivity contribution in [2.45, 2.75) is 25.3 Å². The van der Waals surface area contributed by atoms with Crippen LogP contribution in [0.1, 0.15) is 46.2 Å². The Morgan fingerprint density at radius 2 is 2.09 bits per heavy atom. The van der Waals surface area contributed by atoms with Crippen LogP contribution in [0.2, 0.25) is 0 Å². The second kappa shape index (κ2) is 9.20. The van der Waals surface area contributed by atoms with E-state index in [1.165, 1.54) is 0 Å². The number of aromatic nitrogens is 5. The minimum Gasteiger partial charge on any atom is -0.496 e. The van der Waals surface area contributed by atoms with Crippen molar-refractivity contribution in [1.29, 1.82) is 0 Å². The van der Waals surface area contributed by atoms with E-state index in [4.69, 9.17) is 9.72 Å². The van der Waals surface area contributed by atoms with E-state index < -0.39 is 0 Å². The van der Waals surface area contributed by atoms with Gasteiger partial charge in [-0.05, 0) is 31.0 Å². The van der Waals surface area contributed by atoms with Crippen molar-refractivity contribution in [3.05, 3.63) is 89.9 Å². The number of hydrogen-bond donors (Lipinski definition) is 1. The molecule has 1 aromatic carbocycles. The van der Waals surface area contributed by atoms with Gasteiger partial charge in [0.2, 0.25) is 0 Å². The zero-order chi connectivity index (χ0) is 22.6. The van der Waals surface area contributed by atoms with Gasteiger partial charge in [-0.2, -0.15) is 0 Å². The number of aromatic amines is 1. The Bertz CT molecular complexity index is 1260. The van der Waals surface area contributed by atoms with E-state index in [9.17, 15) is 4.79 Å². The number of carbonyl (C=O) groups is 1. The van der Waals surface area contributed by atoms with Crippen LogP contribution >= 0.6 is 0 Å².